The van der Waals surface area contributed by atoms with Crippen LogP contribution in [0, 0.1) is 0 Å². The molecule has 0 aliphatic rings. The molecule has 0 unspecified atom stereocenters. The third kappa shape index (κ3) is 3.64. The van der Waals surface area contributed by atoms with E-state index in [1.807, 2.05) is 12.1 Å². The molecule has 138 valence electrons. The second kappa shape index (κ2) is 7.93. The summed E-state index contributed by atoms with van der Waals surface area (Å²) in [6.07, 6.45) is 0. The minimum absolute atomic E-state index is 0.436. The Hall–Kier alpha value is -3.31. The molecule has 0 spiro atoms. The van der Waals surface area contributed by atoms with Crippen molar-refractivity contribution in [2.45, 2.75) is 5.60 Å². The molecule has 3 rings (SSSR count). The molecule has 5 nitrogen and oxygen atoms in total. The molecule has 0 bridgehead atoms. The fraction of sp³-hybridized carbons (Fsp3) is 0.136. The Bertz CT molecular complexity index is 871. The monoisotopic (exact) mass is 363 g/mol. The minimum Gasteiger partial charge on any atom is -0.497 e. The van der Waals surface area contributed by atoms with Gasteiger partial charge >= 0.3 is 0 Å². The Morgan fingerprint density at radius 3 is 1.89 bits per heavy atom. The molecule has 5 heteroatoms. The first-order valence-electron chi connectivity index (χ1n) is 8.46. The van der Waals surface area contributed by atoms with Crippen LogP contribution in [0.1, 0.15) is 11.1 Å². The van der Waals surface area contributed by atoms with Crippen molar-refractivity contribution in [2.75, 3.05) is 19.5 Å². The summed E-state index contributed by atoms with van der Waals surface area (Å²) in [5.41, 5.74) is -0.469. The summed E-state index contributed by atoms with van der Waals surface area (Å²) in [5, 5.41) is 14.3. The van der Waals surface area contributed by atoms with Gasteiger partial charge in [-0.1, -0.05) is 60.7 Å². The van der Waals surface area contributed by atoms with E-state index in [9.17, 15) is 9.90 Å². The zero-order chi connectivity index (χ0) is 19.3. The Balaban J connectivity index is 2.03. The molecule has 3 aromatic rings. The summed E-state index contributed by atoms with van der Waals surface area (Å²) >= 11 is 0. The van der Waals surface area contributed by atoms with Crippen molar-refractivity contribution in [2.24, 2.45) is 0 Å². The Morgan fingerprint density at radius 2 is 1.41 bits per heavy atom. The number of hydrogen-bond donors (Lipinski definition) is 2. The number of methoxy groups -OCH3 is 2. The van der Waals surface area contributed by atoms with Gasteiger partial charge in [-0.05, 0) is 23.3 Å². The average molecular weight is 363 g/mol. The van der Waals surface area contributed by atoms with Gasteiger partial charge in [0.05, 0.1) is 19.9 Å². The molecule has 1 amide bonds. The van der Waals surface area contributed by atoms with E-state index in [0.717, 1.165) is 0 Å². The molecule has 0 saturated carbocycles. The van der Waals surface area contributed by atoms with Crippen LogP contribution in [0.25, 0.3) is 0 Å². The molecule has 3 aromatic carbocycles. The number of nitrogens with one attached hydrogen (secondary N) is 1. The molecule has 0 fully saturated rings. The summed E-state index contributed by atoms with van der Waals surface area (Å²) in [6, 6.07) is 22.7. The smallest absolute Gasteiger partial charge is 0.265 e. The van der Waals surface area contributed by atoms with Crippen LogP contribution in [-0.4, -0.2) is 25.2 Å². The summed E-state index contributed by atoms with van der Waals surface area (Å²) < 4.78 is 10.5. The predicted molar refractivity (Wildman–Crippen MR) is 104 cm³/mol. The van der Waals surface area contributed by atoms with Crippen LogP contribution in [0.4, 0.5) is 5.69 Å². The summed E-state index contributed by atoms with van der Waals surface area (Å²) in [5.74, 6) is 0.459. The molecular weight excluding hydrogens is 342 g/mol. The normalized spacial score (nSPS) is 10.9. The maximum absolute atomic E-state index is 13.2. The van der Waals surface area contributed by atoms with Gasteiger partial charge in [-0.15, -0.1) is 0 Å². The number of carbonyl (C=O) groups excluding carboxylic acids is 1. The fourth-order valence-electron chi connectivity index (χ4n) is 2.90. The second-order valence-electron chi connectivity index (χ2n) is 5.96. The van der Waals surface area contributed by atoms with Gasteiger partial charge in [0, 0.05) is 6.07 Å². The molecule has 0 aliphatic carbocycles. The molecule has 0 aliphatic heterocycles. The van der Waals surface area contributed by atoms with Crippen molar-refractivity contribution >= 4 is 11.6 Å². The third-order valence-electron chi connectivity index (χ3n) is 4.37. The zero-order valence-electron chi connectivity index (χ0n) is 15.2. The van der Waals surface area contributed by atoms with Crippen molar-refractivity contribution in [3.63, 3.8) is 0 Å². The average Bonchev–Trinajstić information content (AvgIpc) is 2.74. The van der Waals surface area contributed by atoms with E-state index in [1.54, 1.807) is 73.8 Å². The van der Waals surface area contributed by atoms with Crippen molar-refractivity contribution in [3.05, 3.63) is 90.0 Å². The van der Waals surface area contributed by atoms with Gasteiger partial charge in [-0.25, -0.2) is 0 Å². The highest BCUT2D eigenvalue weighted by molar-refractivity contribution is 6.01. The van der Waals surface area contributed by atoms with E-state index in [-0.39, 0.29) is 0 Å². The van der Waals surface area contributed by atoms with Crippen LogP contribution in [0.3, 0.4) is 0 Å². The number of ether oxygens (including phenoxy) is 2. The highest BCUT2D eigenvalue weighted by atomic mass is 16.5. The lowest BCUT2D eigenvalue weighted by molar-refractivity contribution is -0.131. The standard InChI is InChI=1S/C22H21NO4/c1-26-18-13-14-19(20(15-18)27-2)23-21(24)22(25,16-9-5-3-6-10-16)17-11-7-4-8-12-17/h3-15,25H,1-2H3,(H,23,24). The van der Waals surface area contributed by atoms with Crippen LogP contribution in [0.5, 0.6) is 11.5 Å². The van der Waals surface area contributed by atoms with E-state index in [1.165, 1.54) is 7.11 Å². The second-order valence-corrected chi connectivity index (χ2v) is 5.96. The number of aliphatic hydroxyl groups is 1. The van der Waals surface area contributed by atoms with E-state index < -0.39 is 11.5 Å². The molecule has 0 saturated heterocycles. The van der Waals surface area contributed by atoms with E-state index >= 15 is 0 Å². The van der Waals surface area contributed by atoms with Crippen molar-refractivity contribution in [3.8, 4) is 11.5 Å². The largest absolute Gasteiger partial charge is 0.497 e. The SMILES string of the molecule is COc1ccc(NC(=O)C(O)(c2ccccc2)c2ccccc2)c(OC)c1. The van der Waals surface area contributed by atoms with Crippen molar-refractivity contribution < 1.29 is 19.4 Å². The maximum atomic E-state index is 13.2. The molecule has 27 heavy (non-hydrogen) atoms. The predicted octanol–water partition coefficient (Wildman–Crippen LogP) is 3.58. The fourth-order valence-corrected chi connectivity index (χ4v) is 2.90. The van der Waals surface area contributed by atoms with Crippen LogP contribution in [0.15, 0.2) is 78.9 Å². The van der Waals surface area contributed by atoms with Gasteiger partial charge in [0.2, 0.25) is 0 Å². The Labute approximate surface area is 158 Å². The first kappa shape index (κ1) is 18.5. The minimum atomic E-state index is -1.85. The van der Waals surface area contributed by atoms with Crippen LogP contribution in [0.2, 0.25) is 0 Å². The topological polar surface area (TPSA) is 67.8 Å². The van der Waals surface area contributed by atoms with Crippen molar-refractivity contribution in [1.29, 1.82) is 0 Å². The Morgan fingerprint density at radius 1 is 0.852 bits per heavy atom. The number of hydrogen-bond acceptors (Lipinski definition) is 4. The summed E-state index contributed by atoms with van der Waals surface area (Å²) in [7, 11) is 3.06. The van der Waals surface area contributed by atoms with Gasteiger partial charge < -0.3 is 19.9 Å². The third-order valence-corrected chi connectivity index (χ3v) is 4.37. The van der Waals surface area contributed by atoms with Gasteiger partial charge in [0.15, 0.2) is 5.60 Å². The molecular formula is C22H21NO4. The number of rotatable bonds is 6. The summed E-state index contributed by atoms with van der Waals surface area (Å²) in [4.78, 5) is 13.2. The lowest BCUT2D eigenvalue weighted by Gasteiger charge is -2.28. The lowest BCUT2D eigenvalue weighted by Crippen LogP contribution is -2.41. The number of carbonyl (C=O) groups is 1. The van der Waals surface area contributed by atoms with E-state index in [0.29, 0.717) is 28.3 Å². The number of amides is 1. The van der Waals surface area contributed by atoms with Crippen LogP contribution < -0.4 is 14.8 Å². The van der Waals surface area contributed by atoms with Gasteiger partial charge in [0.1, 0.15) is 11.5 Å². The Kier molecular flexibility index (Phi) is 5.43. The van der Waals surface area contributed by atoms with Gasteiger partial charge in [0.25, 0.3) is 5.91 Å². The van der Waals surface area contributed by atoms with Gasteiger partial charge in [-0.2, -0.15) is 0 Å². The summed E-state index contributed by atoms with van der Waals surface area (Å²) in [6.45, 7) is 0. The van der Waals surface area contributed by atoms with Crippen LogP contribution >= 0.6 is 0 Å². The number of benzene rings is 3. The van der Waals surface area contributed by atoms with Gasteiger partial charge in [-0.3, -0.25) is 4.79 Å². The zero-order valence-corrected chi connectivity index (χ0v) is 15.2. The highest BCUT2D eigenvalue weighted by Crippen LogP contribution is 2.34. The first-order chi connectivity index (χ1) is 13.1. The molecule has 0 aromatic heterocycles. The molecule has 0 atom stereocenters. The first-order valence-corrected chi connectivity index (χ1v) is 8.46. The van der Waals surface area contributed by atoms with Crippen LogP contribution in [-0.2, 0) is 10.4 Å². The maximum Gasteiger partial charge on any atom is 0.265 e. The molecule has 0 heterocycles. The van der Waals surface area contributed by atoms with E-state index in [2.05, 4.69) is 5.32 Å². The molecule has 0 radical (unpaired) electrons. The quantitative estimate of drug-likeness (QED) is 0.702. The van der Waals surface area contributed by atoms with E-state index in [4.69, 9.17) is 9.47 Å². The van der Waals surface area contributed by atoms with Crippen molar-refractivity contribution in [1.82, 2.24) is 0 Å². The highest BCUT2D eigenvalue weighted by Gasteiger charge is 2.40. The molecule has 2 N–H and O–H groups in total. The lowest BCUT2D eigenvalue weighted by atomic mass is 9.85. The number of anilines is 1.